The second kappa shape index (κ2) is 5.54. The zero-order chi connectivity index (χ0) is 14.0. The van der Waals surface area contributed by atoms with Gasteiger partial charge in [-0.15, -0.1) is 0 Å². The van der Waals surface area contributed by atoms with Gasteiger partial charge in [0.05, 0.1) is 5.92 Å². The van der Waals surface area contributed by atoms with Crippen LogP contribution >= 0.6 is 11.6 Å². The molecule has 1 fully saturated rings. The molecule has 0 spiro atoms. The van der Waals surface area contributed by atoms with Gasteiger partial charge in [0, 0.05) is 5.02 Å². The maximum Gasteiger partial charge on any atom is 0.306 e. The maximum atomic E-state index is 11.4. The first-order chi connectivity index (χ1) is 8.87. The van der Waals surface area contributed by atoms with E-state index in [2.05, 4.69) is 13.8 Å². The highest BCUT2D eigenvalue weighted by Crippen LogP contribution is 2.43. The van der Waals surface area contributed by atoms with E-state index >= 15 is 0 Å². The van der Waals surface area contributed by atoms with Gasteiger partial charge < -0.3 is 5.11 Å². The molecule has 19 heavy (non-hydrogen) atoms. The lowest BCUT2D eigenvalue weighted by Crippen LogP contribution is -2.35. The van der Waals surface area contributed by atoms with Crippen molar-refractivity contribution in [1.29, 1.82) is 0 Å². The molecule has 1 aliphatic rings. The van der Waals surface area contributed by atoms with Crippen LogP contribution in [0.15, 0.2) is 24.3 Å². The Balaban J connectivity index is 2.16. The molecule has 2 rings (SSSR count). The number of carbonyl (C=O) groups is 1. The lowest BCUT2D eigenvalue weighted by Gasteiger charge is -2.39. The minimum Gasteiger partial charge on any atom is -0.481 e. The molecule has 0 amide bonds. The number of benzene rings is 1. The van der Waals surface area contributed by atoms with Crippen molar-refractivity contribution in [3.8, 4) is 0 Å². The van der Waals surface area contributed by atoms with Gasteiger partial charge in [-0.3, -0.25) is 4.79 Å². The molecule has 0 bridgehead atoms. The number of carboxylic acids is 1. The average Bonchev–Trinajstić information content (AvgIpc) is 2.27. The SMILES string of the molecule is CC1(C)CCC(C(=O)O)C(Cc2cccc(Cl)c2)C1. The fourth-order valence-electron chi connectivity index (χ4n) is 3.24. The third-order valence-corrected chi connectivity index (χ3v) is 4.46. The second-order valence-electron chi connectivity index (χ2n) is 6.45. The molecule has 1 aromatic rings. The first-order valence-corrected chi connectivity index (χ1v) is 7.22. The van der Waals surface area contributed by atoms with Crippen LogP contribution in [-0.4, -0.2) is 11.1 Å². The lowest BCUT2D eigenvalue weighted by atomic mass is 9.65. The highest BCUT2D eigenvalue weighted by molar-refractivity contribution is 6.30. The van der Waals surface area contributed by atoms with Crippen molar-refractivity contribution < 1.29 is 9.90 Å². The molecule has 0 saturated heterocycles. The van der Waals surface area contributed by atoms with Crippen LogP contribution in [0.5, 0.6) is 0 Å². The quantitative estimate of drug-likeness (QED) is 0.890. The predicted octanol–water partition coefficient (Wildman–Crippen LogP) is 4.41. The van der Waals surface area contributed by atoms with Crippen LogP contribution in [0.3, 0.4) is 0 Å². The van der Waals surface area contributed by atoms with Crippen LogP contribution in [0, 0.1) is 17.3 Å². The van der Waals surface area contributed by atoms with E-state index in [4.69, 9.17) is 11.6 Å². The monoisotopic (exact) mass is 280 g/mol. The van der Waals surface area contributed by atoms with Crippen LogP contribution in [-0.2, 0) is 11.2 Å². The smallest absolute Gasteiger partial charge is 0.306 e. The molecule has 2 nitrogen and oxygen atoms in total. The predicted molar refractivity (Wildman–Crippen MR) is 77.4 cm³/mol. The van der Waals surface area contributed by atoms with E-state index in [-0.39, 0.29) is 17.3 Å². The molecule has 0 aliphatic heterocycles. The van der Waals surface area contributed by atoms with Crippen LogP contribution in [0.2, 0.25) is 5.02 Å². The van der Waals surface area contributed by atoms with Crippen molar-refractivity contribution in [2.75, 3.05) is 0 Å². The number of rotatable bonds is 3. The summed E-state index contributed by atoms with van der Waals surface area (Å²) < 4.78 is 0. The second-order valence-corrected chi connectivity index (χ2v) is 6.88. The van der Waals surface area contributed by atoms with E-state index in [9.17, 15) is 9.90 Å². The molecular weight excluding hydrogens is 260 g/mol. The summed E-state index contributed by atoms with van der Waals surface area (Å²) in [5.74, 6) is -0.658. The van der Waals surface area contributed by atoms with Crippen molar-refractivity contribution in [3.63, 3.8) is 0 Å². The van der Waals surface area contributed by atoms with Gasteiger partial charge in [-0.1, -0.05) is 37.6 Å². The van der Waals surface area contributed by atoms with E-state index in [1.807, 2.05) is 24.3 Å². The van der Waals surface area contributed by atoms with Gasteiger partial charge in [0.15, 0.2) is 0 Å². The van der Waals surface area contributed by atoms with Gasteiger partial charge in [0.25, 0.3) is 0 Å². The minimum atomic E-state index is -0.650. The lowest BCUT2D eigenvalue weighted by molar-refractivity contribution is -0.146. The Kier molecular flexibility index (Phi) is 4.19. The zero-order valence-corrected chi connectivity index (χ0v) is 12.3. The standard InChI is InChI=1S/C16H21ClO2/c1-16(2)7-6-14(15(18)19)12(10-16)8-11-4-3-5-13(17)9-11/h3-5,9,12,14H,6-8,10H2,1-2H3,(H,18,19). The molecule has 1 aromatic carbocycles. The van der Waals surface area contributed by atoms with E-state index in [0.29, 0.717) is 0 Å². The van der Waals surface area contributed by atoms with Crippen molar-refractivity contribution in [2.24, 2.45) is 17.3 Å². The summed E-state index contributed by atoms with van der Waals surface area (Å²) in [6, 6.07) is 7.76. The van der Waals surface area contributed by atoms with Crippen LogP contribution in [0.25, 0.3) is 0 Å². The summed E-state index contributed by atoms with van der Waals surface area (Å²) in [6.07, 6.45) is 3.56. The van der Waals surface area contributed by atoms with Gasteiger partial charge in [0.2, 0.25) is 0 Å². The summed E-state index contributed by atoms with van der Waals surface area (Å²) in [6.45, 7) is 4.46. The Morgan fingerprint density at radius 1 is 1.47 bits per heavy atom. The Bertz CT molecular complexity index is 468. The Labute approximate surface area is 119 Å². The molecule has 1 N–H and O–H groups in total. The Morgan fingerprint density at radius 2 is 2.21 bits per heavy atom. The summed E-state index contributed by atoms with van der Waals surface area (Å²) >= 11 is 6.00. The van der Waals surface area contributed by atoms with Gasteiger partial charge in [-0.2, -0.15) is 0 Å². The van der Waals surface area contributed by atoms with Crippen molar-refractivity contribution >= 4 is 17.6 Å². The van der Waals surface area contributed by atoms with E-state index in [0.717, 1.165) is 36.3 Å². The first-order valence-electron chi connectivity index (χ1n) is 6.85. The van der Waals surface area contributed by atoms with Gasteiger partial charge in [-0.05, 0) is 54.7 Å². The van der Waals surface area contributed by atoms with Crippen molar-refractivity contribution in [3.05, 3.63) is 34.9 Å². The minimum absolute atomic E-state index is 0.208. The first kappa shape index (κ1) is 14.4. The molecule has 3 heteroatoms. The Morgan fingerprint density at radius 3 is 2.84 bits per heavy atom. The fourth-order valence-corrected chi connectivity index (χ4v) is 3.46. The van der Waals surface area contributed by atoms with Crippen LogP contribution in [0.4, 0.5) is 0 Å². The molecule has 104 valence electrons. The van der Waals surface area contributed by atoms with Crippen molar-refractivity contribution in [1.82, 2.24) is 0 Å². The van der Waals surface area contributed by atoms with Gasteiger partial charge >= 0.3 is 5.97 Å². The molecular formula is C16H21ClO2. The van der Waals surface area contributed by atoms with Crippen molar-refractivity contribution in [2.45, 2.75) is 39.5 Å². The molecule has 0 radical (unpaired) electrons. The van der Waals surface area contributed by atoms with Crippen LogP contribution in [0.1, 0.15) is 38.7 Å². The van der Waals surface area contributed by atoms with E-state index < -0.39 is 5.97 Å². The summed E-state index contributed by atoms with van der Waals surface area (Å²) in [5.41, 5.74) is 1.39. The molecule has 1 saturated carbocycles. The third-order valence-electron chi connectivity index (χ3n) is 4.22. The summed E-state index contributed by atoms with van der Waals surface area (Å²) in [4.78, 5) is 11.4. The fraction of sp³-hybridized carbons (Fsp3) is 0.562. The highest BCUT2D eigenvalue weighted by Gasteiger charge is 2.38. The highest BCUT2D eigenvalue weighted by atomic mass is 35.5. The van der Waals surface area contributed by atoms with E-state index in [1.54, 1.807) is 0 Å². The largest absolute Gasteiger partial charge is 0.481 e. The number of carboxylic acid groups (broad SMARTS) is 1. The molecule has 0 heterocycles. The average molecular weight is 281 g/mol. The number of hydrogen-bond donors (Lipinski definition) is 1. The normalized spacial score (nSPS) is 26.1. The maximum absolute atomic E-state index is 11.4. The topological polar surface area (TPSA) is 37.3 Å². The molecule has 2 unspecified atom stereocenters. The third kappa shape index (κ3) is 3.73. The molecule has 0 aromatic heterocycles. The molecule has 1 aliphatic carbocycles. The van der Waals surface area contributed by atoms with Gasteiger partial charge in [0.1, 0.15) is 0 Å². The Hall–Kier alpha value is -1.02. The molecule has 2 atom stereocenters. The number of halogens is 1. The van der Waals surface area contributed by atoms with Gasteiger partial charge in [-0.25, -0.2) is 0 Å². The number of aliphatic carboxylic acids is 1. The summed E-state index contributed by atoms with van der Waals surface area (Å²) in [7, 11) is 0. The summed E-state index contributed by atoms with van der Waals surface area (Å²) in [5, 5.41) is 10.1. The van der Waals surface area contributed by atoms with E-state index in [1.165, 1.54) is 0 Å². The number of hydrogen-bond acceptors (Lipinski definition) is 1. The van der Waals surface area contributed by atoms with Crippen LogP contribution < -0.4 is 0 Å². The zero-order valence-electron chi connectivity index (χ0n) is 11.5.